The summed E-state index contributed by atoms with van der Waals surface area (Å²) in [7, 11) is 0. The highest BCUT2D eigenvalue weighted by Gasteiger charge is 2.27. The molecule has 6 nitrogen and oxygen atoms in total. The lowest BCUT2D eigenvalue weighted by Gasteiger charge is -2.33. The summed E-state index contributed by atoms with van der Waals surface area (Å²) in [6.45, 7) is 0.223. The summed E-state index contributed by atoms with van der Waals surface area (Å²) in [5, 5.41) is 6.62. The SMILES string of the molecule is Cc1[nH]ncc1C(=O)N1CCOC(c2ccc(OC(F)F)cc2)C1. The number of benzene rings is 1. The van der Waals surface area contributed by atoms with Gasteiger partial charge in [-0.1, -0.05) is 12.1 Å². The Kier molecular flexibility index (Phi) is 4.75. The molecular formula is C16H17F2N3O3. The molecule has 2 aromatic rings. The second-order valence-corrected chi connectivity index (χ2v) is 5.47. The Hall–Kier alpha value is -2.48. The number of halogens is 2. The number of rotatable bonds is 4. The van der Waals surface area contributed by atoms with E-state index in [2.05, 4.69) is 14.9 Å². The van der Waals surface area contributed by atoms with Crippen LogP contribution in [0.5, 0.6) is 5.75 Å². The van der Waals surface area contributed by atoms with Gasteiger partial charge in [-0.2, -0.15) is 13.9 Å². The van der Waals surface area contributed by atoms with Gasteiger partial charge in [-0.05, 0) is 24.6 Å². The molecule has 0 radical (unpaired) electrons. The number of aryl methyl sites for hydroxylation is 1. The van der Waals surface area contributed by atoms with Crippen molar-refractivity contribution < 1.29 is 23.0 Å². The Morgan fingerprint density at radius 1 is 1.42 bits per heavy atom. The number of carbonyl (C=O) groups excluding carboxylic acids is 1. The van der Waals surface area contributed by atoms with Gasteiger partial charge in [-0.15, -0.1) is 0 Å². The molecule has 1 saturated heterocycles. The van der Waals surface area contributed by atoms with E-state index < -0.39 is 6.61 Å². The zero-order valence-corrected chi connectivity index (χ0v) is 13.0. The van der Waals surface area contributed by atoms with Crippen molar-refractivity contribution in [2.24, 2.45) is 0 Å². The minimum atomic E-state index is -2.85. The quantitative estimate of drug-likeness (QED) is 0.931. The van der Waals surface area contributed by atoms with Gasteiger partial charge < -0.3 is 14.4 Å². The molecule has 128 valence electrons. The molecule has 0 aliphatic carbocycles. The van der Waals surface area contributed by atoms with E-state index in [0.717, 1.165) is 11.3 Å². The van der Waals surface area contributed by atoms with Crippen LogP contribution in [0.15, 0.2) is 30.5 Å². The van der Waals surface area contributed by atoms with Gasteiger partial charge in [-0.3, -0.25) is 9.89 Å². The van der Waals surface area contributed by atoms with Crippen molar-refractivity contribution in [3.8, 4) is 5.75 Å². The van der Waals surface area contributed by atoms with Crippen molar-refractivity contribution in [3.05, 3.63) is 47.3 Å². The van der Waals surface area contributed by atoms with Crippen LogP contribution in [-0.2, 0) is 4.74 Å². The Balaban J connectivity index is 1.69. The van der Waals surface area contributed by atoms with Crippen LogP contribution >= 0.6 is 0 Å². The fraction of sp³-hybridized carbons (Fsp3) is 0.375. The number of carbonyl (C=O) groups is 1. The molecular weight excluding hydrogens is 320 g/mol. The highest BCUT2D eigenvalue weighted by Crippen LogP contribution is 2.26. The number of hydrogen-bond donors (Lipinski definition) is 1. The molecule has 1 aromatic heterocycles. The highest BCUT2D eigenvalue weighted by molar-refractivity contribution is 5.95. The standard InChI is InChI=1S/C16H17F2N3O3/c1-10-13(8-19-20-10)15(22)21-6-7-23-14(9-21)11-2-4-12(5-3-11)24-16(17)18/h2-5,8,14,16H,6-7,9H2,1H3,(H,19,20). The third-order valence-electron chi connectivity index (χ3n) is 3.89. The number of hydrogen-bond acceptors (Lipinski definition) is 4. The van der Waals surface area contributed by atoms with Gasteiger partial charge in [0.25, 0.3) is 5.91 Å². The molecule has 24 heavy (non-hydrogen) atoms. The number of nitrogens with zero attached hydrogens (tertiary/aromatic N) is 2. The second-order valence-electron chi connectivity index (χ2n) is 5.47. The van der Waals surface area contributed by atoms with Crippen LogP contribution in [0.1, 0.15) is 27.7 Å². The number of aromatic amines is 1. The maximum Gasteiger partial charge on any atom is 0.387 e. The summed E-state index contributed by atoms with van der Waals surface area (Å²) in [4.78, 5) is 14.2. The summed E-state index contributed by atoms with van der Waals surface area (Å²) < 4.78 is 34.4. The lowest BCUT2D eigenvalue weighted by Crippen LogP contribution is -2.42. The largest absolute Gasteiger partial charge is 0.435 e. The Labute approximate surface area is 137 Å². The smallest absolute Gasteiger partial charge is 0.387 e. The molecule has 1 amide bonds. The summed E-state index contributed by atoms with van der Waals surface area (Å²) in [6.07, 6.45) is 1.20. The molecule has 0 spiro atoms. The van der Waals surface area contributed by atoms with Crippen LogP contribution in [0.3, 0.4) is 0 Å². The molecule has 1 aliphatic rings. The molecule has 1 atom stereocenters. The van der Waals surface area contributed by atoms with Gasteiger partial charge in [0.1, 0.15) is 11.9 Å². The number of H-pyrrole nitrogens is 1. The lowest BCUT2D eigenvalue weighted by atomic mass is 10.1. The van der Waals surface area contributed by atoms with Gasteiger partial charge >= 0.3 is 6.61 Å². The first-order valence-electron chi connectivity index (χ1n) is 7.50. The molecule has 8 heteroatoms. The van der Waals surface area contributed by atoms with E-state index in [1.807, 2.05) is 0 Å². The molecule has 3 rings (SSSR count). The molecule has 0 bridgehead atoms. The van der Waals surface area contributed by atoms with Crippen molar-refractivity contribution in [1.29, 1.82) is 0 Å². The van der Waals surface area contributed by atoms with E-state index in [9.17, 15) is 13.6 Å². The van der Waals surface area contributed by atoms with Gasteiger partial charge in [-0.25, -0.2) is 0 Å². The third kappa shape index (κ3) is 3.53. The first kappa shape index (κ1) is 16.4. The van der Waals surface area contributed by atoms with E-state index in [4.69, 9.17) is 4.74 Å². The van der Waals surface area contributed by atoms with Crippen LogP contribution < -0.4 is 4.74 Å². The molecule has 1 unspecified atom stereocenters. The first-order valence-corrected chi connectivity index (χ1v) is 7.50. The number of nitrogens with one attached hydrogen (secondary N) is 1. The van der Waals surface area contributed by atoms with Crippen molar-refractivity contribution in [1.82, 2.24) is 15.1 Å². The van der Waals surface area contributed by atoms with Gasteiger partial charge in [0.15, 0.2) is 0 Å². The Morgan fingerprint density at radius 2 is 2.17 bits per heavy atom. The topological polar surface area (TPSA) is 67.5 Å². The maximum absolute atomic E-state index is 12.5. The highest BCUT2D eigenvalue weighted by atomic mass is 19.3. The van der Waals surface area contributed by atoms with Crippen LogP contribution in [0.4, 0.5) is 8.78 Å². The van der Waals surface area contributed by atoms with E-state index in [-0.39, 0.29) is 17.8 Å². The van der Waals surface area contributed by atoms with Crippen LogP contribution in [0.2, 0.25) is 0 Å². The van der Waals surface area contributed by atoms with Crippen LogP contribution in [0.25, 0.3) is 0 Å². The minimum absolute atomic E-state index is 0.0894. The summed E-state index contributed by atoms with van der Waals surface area (Å²) in [5.41, 5.74) is 2.06. The van der Waals surface area contributed by atoms with Crippen molar-refractivity contribution in [3.63, 3.8) is 0 Å². The van der Waals surface area contributed by atoms with Crippen molar-refractivity contribution >= 4 is 5.91 Å². The fourth-order valence-electron chi connectivity index (χ4n) is 2.64. The first-order chi connectivity index (χ1) is 11.5. The van der Waals surface area contributed by atoms with Crippen LogP contribution in [-0.4, -0.2) is 47.3 Å². The molecule has 1 aromatic carbocycles. The van der Waals surface area contributed by atoms with Crippen molar-refractivity contribution in [2.45, 2.75) is 19.6 Å². The number of amides is 1. The number of aromatic nitrogens is 2. The molecule has 0 saturated carbocycles. The second kappa shape index (κ2) is 6.96. The fourth-order valence-corrected chi connectivity index (χ4v) is 2.64. The number of ether oxygens (including phenoxy) is 2. The van der Waals surface area contributed by atoms with E-state index in [1.54, 1.807) is 24.0 Å². The van der Waals surface area contributed by atoms with Gasteiger partial charge in [0.05, 0.1) is 24.9 Å². The van der Waals surface area contributed by atoms with Gasteiger partial charge in [0.2, 0.25) is 0 Å². The van der Waals surface area contributed by atoms with E-state index >= 15 is 0 Å². The Morgan fingerprint density at radius 3 is 2.79 bits per heavy atom. The maximum atomic E-state index is 12.5. The summed E-state index contributed by atoms with van der Waals surface area (Å²) >= 11 is 0. The van der Waals surface area contributed by atoms with E-state index in [1.165, 1.54) is 18.3 Å². The molecule has 1 aliphatic heterocycles. The zero-order valence-electron chi connectivity index (χ0n) is 13.0. The summed E-state index contributed by atoms with van der Waals surface area (Å²) in [6, 6.07) is 6.26. The molecule has 1 fully saturated rings. The predicted octanol–water partition coefficient (Wildman–Crippen LogP) is 2.53. The molecule has 2 heterocycles. The lowest BCUT2D eigenvalue weighted by molar-refractivity contribution is -0.0499. The number of alkyl halides is 2. The van der Waals surface area contributed by atoms with Crippen LogP contribution in [0, 0.1) is 6.92 Å². The number of morpholine rings is 1. The summed E-state index contributed by atoms with van der Waals surface area (Å²) in [5.74, 6) is -0.0151. The van der Waals surface area contributed by atoms with Gasteiger partial charge in [0, 0.05) is 12.2 Å². The minimum Gasteiger partial charge on any atom is -0.435 e. The normalized spacial score (nSPS) is 18.0. The zero-order chi connectivity index (χ0) is 17.1. The average molecular weight is 337 g/mol. The average Bonchev–Trinajstić information content (AvgIpc) is 3.00. The van der Waals surface area contributed by atoms with Crippen molar-refractivity contribution in [2.75, 3.05) is 19.7 Å². The monoisotopic (exact) mass is 337 g/mol. The third-order valence-corrected chi connectivity index (χ3v) is 3.89. The Bertz CT molecular complexity index is 703. The predicted molar refractivity (Wildman–Crippen MR) is 81.0 cm³/mol. The molecule has 1 N–H and O–H groups in total. The van der Waals surface area contributed by atoms with E-state index in [0.29, 0.717) is 25.3 Å².